The first-order valence-electron chi connectivity index (χ1n) is 5.48. The highest BCUT2D eigenvalue weighted by Crippen LogP contribution is 2.34. The highest BCUT2D eigenvalue weighted by Gasteiger charge is 2.16. The summed E-state index contributed by atoms with van der Waals surface area (Å²) in [5, 5.41) is 0. The van der Waals surface area contributed by atoms with E-state index >= 15 is 0 Å². The molecule has 0 spiro atoms. The molecule has 2 rings (SSSR count). The van der Waals surface area contributed by atoms with Crippen LogP contribution >= 0.6 is 0 Å². The Morgan fingerprint density at radius 2 is 2.27 bits per heavy atom. The molecule has 0 saturated carbocycles. The zero-order valence-electron chi connectivity index (χ0n) is 9.42. The van der Waals surface area contributed by atoms with Gasteiger partial charge in [-0.2, -0.15) is 0 Å². The van der Waals surface area contributed by atoms with Crippen LogP contribution in [0.4, 0.5) is 11.4 Å². The lowest BCUT2D eigenvalue weighted by Crippen LogP contribution is -2.24. The molecule has 0 aromatic heterocycles. The van der Waals surface area contributed by atoms with Gasteiger partial charge < -0.3 is 15.4 Å². The molecule has 2 N–H and O–H groups in total. The first kappa shape index (κ1) is 10.1. The number of nitrogens with two attached hydrogens (primary N) is 1. The molecule has 0 atom stereocenters. The molecule has 1 heterocycles. The van der Waals surface area contributed by atoms with Crippen LogP contribution in [0.15, 0.2) is 12.1 Å². The Labute approximate surface area is 90.8 Å². The molecule has 82 valence electrons. The fourth-order valence-corrected chi connectivity index (χ4v) is 2.10. The zero-order valence-corrected chi connectivity index (χ0v) is 9.42. The topological polar surface area (TPSA) is 38.5 Å². The quantitative estimate of drug-likeness (QED) is 0.753. The predicted octanol–water partition coefficient (Wildman–Crippen LogP) is 2.05. The largest absolute Gasteiger partial charge is 0.492 e. The second-order valence-corrected chi connectivity index (χ2v) is 3.98. The van der Waals surface area contributed by atoms with E-state index < -0.39 is 0 Å². The van der Waals surface area contributed by atoms with Gasteiger partial charge in [0.2, 0.25) is 0 Å². The van der Waals surface area contributed by atoms with Gasteiger partial charge in [0, 0.05) is 25.3 Å². The summed E-state index contributed by atoms with van der Waals surface area (Å²) in [5.74, 6) is 0.810. The van der Waals surface area contributed by atoms with Crippen molar-refractivity contribution >= 4 is 11.4 Å². The van der Waals surface area contributed by atoms with Crippen LogP contribution in [0.25, 0.3) is 0 Å². The summed E-state index contributed by atoms with van der Waals surface area (Å²) >= 11 is 0. The third-order valence-electron chi connectivity index (χ3n) is 2.86. The summed E-state index contributed by atoms with van der Waals surface area (Å²) in [5.41, 5.74) is 9.29. The van der Waals surface area contributed by atoms with Crippen LogP contribution < -0.4 is 15.4 Å². The first-order valence-corrected chi connectivity index (χ1v) is 5.48. The monoisotopic (exact) mass is 206 g/mol. The van der Waals surface area contributed by atoms with Crippen molar-refractivity contribution in [3.8, 4) is 5.75 Å². The Bertz CT molecular complexity index is 363. The summed E-state index contributed by atoms with van der Waals surface area (Å²) in [7, 11) is 2.11. The van der Waals surface area contributed by atoms with E-state index in [4.69, 9.17) is 10.5 Å². The second kappa shape index (κ2) is 4.01. The molecular formula is C12H18N2O. The average molecular weight is 206 g/mol. The van der Waals surface area contributed by atoms with Crippen molar-refractivity contribution in [2.75, 3.05) is 30.8 Å². The van der Waals surface area contributed by atoms with Gasteiger partial charge in [0.1, 0.15) is 5.75 Å². The molecule has 1 aliphatic heterocycles. The van der Waals surface area contributed by atoms with Crippen molar-refractivity contribution in [1.82, 2.24) is 0 Å². The molecule has 15 heavy (non-hydrogen) atoms. The van der Waals surface area contributed by atoms with Crippen molar-refractivity contribution in [1.29, 1.82) is 0 Å². The van der Waals surface area contributed by atoms with Gasteiger partial charge in [-0.15, -0.1) is 0 Å². The summed E-state index contributed by atoms with van der Waals surface area (Å²) in [6.07, 6.45) is 2.33. The maximum Gasteiger partial charge on any atom is 0.144 e. The van der Waals surface area contributed by atoms with Crippen LogP contribution in [-0.4, -0.2) is 20.2 Å². The third kappa shape index (κ3) is 1.87. The van der Waals surface area contributed by atoms with Gasteiger partial charge in [-0.3, -0.25) is 0 Å². The molecule has 0 bridgehead atoms. The highest BCUT2D eigenvalue weighted by atomic mass is 16.5. The maximum absolute atomic E-state index is 5.93. The van der Waals surface area contributed by atoms with Crippen LogP contribution in [0, 0.1) is 0 Å². The molecule has 0 unspecified atom stereocenters. The average Bonchev–Trinajstić information content (AvgIpc) is 2.21. The number of ether oxygens (including phenoxy) is 1. The predicted molar refractivity (Wildman–Crippen MR) is 63.6 cm³/mol. The molecule has 3 heteroatoms. The molecule has 0 saturated heterocycles. The number of benzene rings is 1. The fourth-order valence-electron chi connectivity index (χ4n) is 2.10. The zero-order chi connectivity index (χ0) is 10.8. The van der Waals surface area contributed by atoms with Crippen LogP contribution in [0.2, 0.25) is 0 Å². The van der Waals surface area contributed by atoms with Gasteiger partial charge >= 0.3 is 0 Å². The third-order valence-corrected chi connectivity index (χ3v) is 2.86. The number of nitrogens with zero attached hydrogens (tertiary/aromatic N) is 1. The SMILES string of the molecule is CCOc1cc2c(cc1N)CCCN2C. The summed E-state index contributed by atoms with van der Waals surface area (Å²) in [6.45, 7) is 3.75. The highest BCUT2D eigenvalue weighted by molar-refractivity contribution is 5.67. The normalized spacial score (nSPS) is 14.9. The van der Waals surface area contributed by atoms with Crippen molar-refractivity contribution in [3.63, 3.8) is 0 Å². The van der Waals surface area contributed by atoms with Crippen molar-refractivity contribution in [2.45, 2.75) is 19.8 Å². The maximum atomic E-state index is 5.93. The summed E-state index contributed by atoms with van der Waals surface area (Å²) in [6, 6.07) is 4.11. The lowest BCUT2D eigenvalue weighted by atomic mass is 10.0. The number of rotatable bonds is 2. The number of hydrogen-bond acceptors (Lipinski definition) is 3. The van der Waals surface area contributed by atoms with Crippen molar-refractivity contribution < 1.29 is 4.74 Å². The smallest absolute Gasteiger partial charge is 0.144 e. The Morgan fingerprint density at radius 1 is 1.47 bits per heavy atom. The van der Waals surface area contributed by atoms with Crippen LogP contribution in [0.1, 0.15) is 18.9 Å². The van der Waals surface area contributed by atoms with Gasteiger partial charge in [0.05, 0.1) is 12.3 Å². The first-order chi connectivity index (χ1) is 7.22. The van der Waals surface area contributed by atoms with E-state index in [2.05, 4.69) is 24.1 Å². The minimum Gasteiger partial charge on any atom is -0.492 e. The molecule has 0 radical (unpaired) electrons. The van der Waals surface area contributed by atoms with Gasteiger partial charge in [0.25, 0.3) is 0 Å². The van der Waals surface area contributed by atoms with Crippen molar-refractivity contribution in [3.05, 3.63) is 17.7 Å². The van der Waals surface area contributed by atoms with Crippen LogP contribution in [0.5, 0.6) is 5.75 Å². The molecule has 0 amide bonds. The lowest BCUT2D eigenvalue weighted by molar-refractivity contribution is 0.342. The van der Waals surface area contributed by atoms with Crippen LogP contribution in [0.3, 0.4) is 0 Å². The number of fused-ring (bicyclic) bond motifs is 1. The lowest BCUT2D eigenvalue weighted by Gasteiger charge is -2.28. The van der Waals surface area contributed by atoms with E-state index in [9.17, 15) is 0 Å². The van der Waals surface area contributed by atoms with Crippen LogP contribution in [-0.2, 0) is 6.42 Å². The Hall–Kier alpha value is -1.38. The van der Waals surface area contributed by atoms with Gasteiger partial charge in [0.15, 0.2) is 0 Å². The molecule has 0 fully saturated rings. The van der Waals surface area contributed by atoms with Gasteiger partial charge in [-0.1, -0.05) is 0 Å². The van der Waals surface area contributed by atoms with Gasteiger partial charge in [-0.05, 0) is 31.4 Å². The van der Waals surface area contributed by atoms with E-state index in [1.165, 1.54) is 17.7 Å². The fraction of sp³-hybridized carbons (Fsp3) is 0.500. The number of anilines is 2. The van der Waals surface area contributed by atoms with E-state index in [-0.39, 0.29) is 0 Å². The molecule has 1 aromatic carbocycles. The minimum atomic E-state index is 0.659. The molecule has 3 nitrogen and oxygen atoms in total. The van der Waals surface area contributed by atoms with E-state index in [1.807, 2.05) is 6.92 Å². The van der Waals surface area contributed by atoms with Gasteiger partial charge in [-0.25, -0.2) is 0 Å². The summed E-state index contributed by atoms with van der Waals surface area (Å²) in [4.78, 5) is 2.26. The Morgan fingerprint density at radius 3 is 3.00 bits per heavy atom. The minimum absolute atomic E-state index is 0.659. The second-order valence-electron chi connectivity index (χ2n) is 3.98. The Kier molecular flexibility index (Phi) is 2.71. The summed E-state index contributed by atoms with van der Waals surface area (Å²) < 4.78 is 5.50. The van der Waals surface area contributed by atoms with E-state index in [0.29, 0.717) is 6.61 Å². The van der Waals surface area contributed by atoms with E-state index in [1.54, 1.807) is 0 Å². The van der Waals surface area contributed by atoms with E-state index in [0.717, 1.165) is 24.4 Å². The number of nitrogen functional groups attached to an aromatic ring is 1. The number of aryl methyl sites for hydroxylation is 1. The molecule has 1 aliphatic rings. The molecular weight excluding hydrogens is 188 g/mol. The van der Waals surface area contributed by atoms with Crippen molar-refractivity contribution in [2.24, 2.45) is 0 Å². The number of hydrogen-bond donors (Lipinski definition) is 1. The standard InChI is InChI=1S/C12H18N2O/c1-3-15-12-8-11-9(7-10(12)13)5-4-6-14(11)2/h7-8H,3-6,13H2,1-2H3. The molecule has 0 aliphatic carbocycles. The Balaban J connectivity index is 2.41. The molecule has 1 aromatic rings.